The summed E-state index contributed by atoms with van der Waals surface area (Å²) in [6, 6.07) is 9.94. The summed E-state index contributed by atoms with van der Waals surface area (Å²) < 4.78 is 86.3. The SMILES string of the molecule is N#CC(C#N)(OC(=O)c1cccc(OC(F)(F)F)c1)c1cccc(OC(F)(F)F)c1. The van der Waals surface area contributed by atoms with E-state index in [4.69, 9.17) is 4.74 Å². The van der Waals surface area contributed by atoms with Crippen molar-refractivity contribution < 1.29 is 45.3 Å². The molecule has 2 rings (SSSR count). The van der Waals surface area contributed by atoms with Gasteiger partial charge in [-0.1, -0.05) is 18.2 Å². The monoisotopic (exact) mass is 430 g/mol. The van der Waals surface area contributed by atoms with Crippen LogP contribution in [0.2, 0.25) is 0 Å². The van der Waals surface area contributed by atoms with E-state index in [1.807, 2.05) is 0 Å². The van der Waals surface area contributed by atoms with Crippen molar-refractivity contribution in [3.8, 4) is 23.6 Å². The van der Waals surface area contributed by atoms with Crippen LogP contribution in [-0.4, -0.2) is 18.7 Å². The van der Waals surface area contributed by atoms with E-state index in [2.05, 4.69) is 9.47 Å². The zero-order chi connectivity index (χ0) is 22.6. The molecular formula is C18H8F6N2O4. The van der Waals surface area contributed by atoms with Gasteiger partial charge in [0.15, 0.2) is 0 Å². The number of ether oxygens (including phenoxy) is 3. The molecule has 2 aromatic rings. The Hall–Kier alpha value is -3.93. The van der Waals surface area contributed by atoms with E-state index in [-0.39, 0.29) is 0 Å². The van der Waals surface area contributed by atoms with Gasteiger partial charge in [-0.25, -0.2) is 4.79 Å². The zero-order valence-electron chi connectivity index (χ0n) is 14.4. The fourth-order valence-electron chi connectivity index (χ4n) is 2.19. The lowest BCUT2D eigenvalue weighted by Gasteiger charge is -2.21. The maximum Gasteiger partial charge on any atom is 0.573 e. The number of carbonyl (C=O) groups is 1. The molecule has 0 spiro atoms. The van der Waals surface area contributed by atoms with Gasteiger partial charge in [-0.3, -0.25) is 0 Å². The van der Waals surface area contributed by atoms with E-state index < -0.39 is 46.9 Å². The Morgan fingerprint density at radius 2 is 1.30 bits per heavy atom. The van der Waals surface area contributed by atoms with Gasteiger partial charge in [-0.15, -0.1) is 26.3 Å². The molecule has 0 N–H and O–H groups in total. The number of halogens is 6. The third-order valence-corrected chi connectivity index (χ3v) is 3.34. The summed E-state index contributed by atoms with van der Waals surface area (Å²) in [6.07, 6.45) is -10.1. The van der Waals surface area contributed by atoms with Crippen molar-refractivity contribution in [2.45, 2.75) is 18.3 Å². The van der Waals surface area contributed by atoms with Crippen LogP contribution >= 0.6 is 0 Å². The van der Waals surface area contributed by atoms with E-state index in [0.29, 0.717) is 12.1 Å². The number of benzene rings is 2. The molecule has 0 aliphatic heterocycles. The largest absolute Gasteiger partial charge is 0.573 e. The fraction of sp³-hybridized carbons (Fsp3) is 0.167. The van der Waals surface area contributed by atoms with E-state index in [9.17, 15) is 41.7 Å². The first-order valence-electron chi connectivity index (χ1n) is 7.65. The molecule has 0 aromatic heterocycles. The molecule has 156 valence electrons. The lowest BCUT2D eigenvalue weighted by Crippen LogP contribution is -2.29. The topological polar surface area (TPSA) is 92.3 Å². The number of esters is 1. The van der Waals surface area contributed by atoms with Crippen LogP contribution in [0.25, 0.3) is 0 Å². The highest BCUT2D eigenvalue weighted by Crippen LogP contribution is 2.31. The van der Waals surface area contributed by atoms with Gasteiger partial charge in [0.05, 0.1) is 5.56 Å². The first kappa shape index (κ1) is 22.4. The van der Waals surface area contributed by atoms with Gasteiger partial charge in [-0.05, 0) is 30.3 Å². The standard InChI is InChI=1S/C18H8F6N2O4/c19-17(20,21)28-13-5-1-3-11(7-13)15(27)30-16(9-25,10-26)12-4-2-6-14(8-12)29-18(22,23)24/h1-8H. The number of alkyl halides is 6. The van der Waals surface area contributed by atoms with E-state index in [1.165, 1.54) is 12.1 Å². The first-order valence-corrected chi connectivity index (χ1v) is 7.65. The predicted molar refractivity (Wildman–Crippen MR) is 84.6 cm³/mol. The Kier molecular flexibility index (Phi) is 6.12. The minimum absolute atomic E-state index is 0.467. The van der Waals surface area contributed by atoms with Gasteiger partial charge in [0.1, 0.15) is 23.6 Å². The molecule has 2 aromatic carbocycles. The maximum absolute atomic E-state index is 12.4. The highest BCUT2D eigenvalue weighted by molar-refractivity contribution is 5.90. The minimum Gasteiger partial charge on any atom is -0.422 e. The van der Waals surface area contributed by atoms with Crippen LogP contribution in [0.5, 0.6) is 11.5 Å². The molecule has 30 heavy (non-hydrogen) atoms. The fourth-order valence-corrected chi connectivity index (χ4v) is 2.19. The highest BCUT2D eigenvalue weighted by Gasteiger charge is 2.39. The van der Waals surface area contributed by atoms with Crippen molar-refractivity contribution in [2.24, 2.45) is 0 Å². The summed E-state index contributed by atoms with van der Waals surface area (Å²) in [7, 11) is 0. The van der Waals surface area contributed by atoms with Crippen molar-refractivity contribution in [1.82, 2.24) is 0 Å². The van der Waals surface area contributed by atoms with Crippen LogP contribution in [0.4, 0.5) is 26.3 Å². The Bertz CT molecular complexity index is 1010. The average molecular weight is 430 g/mol. The molecule has 12 heteroatoms. The van der Waals surface area contributed by atoms with Gasteiger partial charge in [0, 0.05) is 5.56 Å². The van der Waals surface area contributed by atoms with Gasteiger partial charge >= 0.3 is 24.3 Å². The smallest absolute Gasteiger partial charge is 0.422 e. The number of nitrogens with zero attached hydrogens (tertiary/aromatic N) is 2. The molecule has 0 fully saturated rings. The molecule has 0 amide bonds. The summed E-state index contributed by atoms with van der Waals surface area (Å²) in [6.45, 7) is 0. The van der Waals surface area contributed by atoms with E-state index in [0.717, 1.165) is 36.4 Å². The number of nitriles is 2. The van der Waals surface area contributed by atoms with Crippen molar-refractivity contribution in [1.29, 1.82) is 10.5 Å². The molecule has 0 heterocycles. The second kappa shape index (κ2) is 8.21. The van der Waals surface area contributed by atoms with Gasteiger partial charge in [-0.2, -0.15) is 10.5 Å². The third kappa shape index (κ3) is 5.78. The Morgan fingerprint density at radius 3 is 1.80 bits per heavy atom. The van der Waals surface area contributed by atoms with Crippen LogP contribution < -0.4 is 9.47 Å². The summed E-state index contributed by atoms with van der Waals surface area (Å²) >= 11 is 0. The van der Waals surface area contributed by atoms with E-state index in [1.54, 1.807) is 0 Å². The maximum atomic E-state index is 12.4. The lowest BCUT2D eigenvalue weighted by molar-refractivity contribution is -0.275. The summed E-state index contributed by atoms with van der Waals surface area (Å²) in [5, 5.41) is 18.7. The summed E-state index contributed by atoms with van der Waals surface area (Å²) in [5.74, 6) is -2.95. The third-order valence-electron chi connectivity index (χ3n) is 3.34. The Labute approximate surface area is 164 Å². The molecule has 6 nitrogen and oxygen atoms in total. The van der Waals surface area contributed by atoms with E-state index >= 15 is 0 Å². The molecule has 0 bridgehead atoms. The number of rotatable bonds is 5. The van der Waals surface area contributed by atoms with Crippen LogP contribution in [0.3, 0.4) is 0 Å². The molecule has 0 aliphatic rings. The molecule has 0 saturated heterocycles. The lowest BCUT2D eigenvalue weighted by atomic mass is 9.96. The first-order chi connectivity index (χ1) is 13.9. The van der Waals surface area contributed by atoms with Crippen LogP contribution in [0.15, 0.2) is 48.5 Å². The highest BCUT2D eigenvalue weighted by atomic mass is 19.4. The van der Waals surface area contributed by atoms with Gasteiger partial charge in [0.2, 0.25) is 0 Å². The summed E-state index contributed by atoms with van der Waals surface area (Å²) in [5.41, 5.74) is -3.68. The number of hydrogen-bond donors (Lipinski definition) is 0. The quantitative estimate of drug-likeness (QED) is 0.509. The predicted octanol–water partition coefficient (Wildman–Crippen LogP) is 4.58. The van der Waals surface area contributed by atoms with Crippen LogP contribution in [-0.2, 0) is 10.3 Å². The van der Waals surface area contributed by atoms with Crippen LogP contribution in [0, 0.1) is 22.7 Å². The Balaban J connectivity index is 2.35. The van der Waals surface area contributed by atoms with Crippen molar-refractivity contribution in [3.63, 3.8) is 0 Å². The molecule has 0 radical (unpaired) electrons. The second-order valence-corrected chi connectivity index (χ2v) is 5.45. The molecule has 0 unspecified atom stereocenters. The molecular weight excluding hydrogens is 422 g/mol. The van der Waals surface area contributed by atoms with Gasteiger partial charge in [0.25, 0.3) is 0 Å². The molecule has 0 saturated carbocycles. The van der Waals surface area contributed by atoms with Crippen molar-refractivity contribution in [3.05, 3.63) is 59.7 Å². The number of carbonyl (C=O) groups excluding carboxylic acids is 1. The van der Waals surface area contributed by atoms with Crippen molar-refractivity contribution in [2.75, 3.05) is 0 Å². The van der Waals surface area contributed by atoms with Crippen molar-refractivity contribution >= 4 is 5.97 Å². The van der Waals surface area contributed by atoms with Crippen LogP contribution in [0.1, 0.15) is 15.9 Å². The second-order valence-electron chi connectivity index (χ2n) is 5.45. The minimum atomic E-state index is -5.06. The number of hydrogen-bond acceptors (Lipinski definition) is 6. The summed E-state index contributed by atoms with van der Waals surface area (Å²) in [4.78, 5) is 12.3. The molecule has 0 aliphatic carbocycles. The average Bonchev–Trinajstić information content (AvgIpc) is 2.64. The molecule has 0 atom stereocenters. The normalized spacial score (nSPS) is 11.7. The zero-order valence-corrected chi connectivity index (χ0v) is 14.4. The Morgan fingerprint density at radius 1 is 0.800 bits per heavy atom. The van der Waals surface area contributed by atoms with Gasteiger partial charge < -0.3 is 14.2 Å².